The van der Waals surface area contributed by atoms with Crippen LogP contribution in [0.2, 0.25) is 19.6 Å². The molecule has 0 saturated heterocycles. The molecule has 0 amide bonds. The summed E-state index contributed by atoms with van der Waals surface area (Å²) in [6, 6.07) is 34.8. The molecule has 0 aliphatic carbocycles. The van der Waals surface area contributed by atoms with Crippen LogP contribution < -0.4 is 5.19 Å². The summed E-state index contributed by atoms with van der Waals surface area (Å²) >= 11 is 0. The van der Waals surface area contributed by atoms with Crippen molar-refractivity contribution in [2.75, 3.05) is 0 Å². The van der Waals surface area contributed by atoms with E-state index in [1.54, 1.807) is 6.20 Å². The number of furan rings is 1. The van der Waals surface area contributed by atoms with Crippen molar-refractivity contribution in [2.45, 2.75) is 26.6 Å². The van der Waals surface area contributed by atoms with Crippen molar-refractivity contribution >= 4 is 35.2 Å². The van der Waals surface area contributed by atoms with E-state index in [0.29, 0.717) is 0 Å². The first kappa shape index (κ1) is 26.7. The molecule has 6 rings (SSSR count). The molecule has 0 aliphatic rings. The Balaban J connectivity index is 0.000000195. The molecule has 187 valence electrons. The number of benzene rings is 3. The molecule has 0 atom stereocenters. The molecule has 1 radical (unpaired) electrons. The summed E-state index contributed by atoms with van der Waals surface area (Å²) in [5.41, 5.74) is 6.99. The summed E-state index contributed by atoms with van der Waals surface area (Å²) in [5, 5.41) is 3.68. The first-order valence-corrected chi connectivity index (χ1v) is 15.6. The fraction of sp³-hybridized carbons (Fsp3) is 0.125. The van der Waals surface area contributed by atoms with Gasteiger partial charge in [-0.15, -0.1) is 54.1 Å². The van der Waals surface area contributed by atoms with Gasteiger partial charge in [0.2, 0.25) is 0 Å². The van der Waals surface area contributed by atoms with Gasteiger partial charge < -0.3 is 14.4 Å². The number of fused-ring (bicyclic) bond motifs is 3. The van der Waals surface area contributed by atoms with E-state index in [9.17, 15) is 0 Å². The van der Waals surface area contributed by atoms with Crippen LogP contribution in [-0.2, 0) is 20.1 Å². The molecule has 3 heterocycles. The van der Waals surface area contributed by atoms with Crippen LogP contribution in [0.5, 0.6) is 0 Å². The van der Waals surface area contributed by atoms with E-state index in [1.165, 1.54) is 16.1 Å². The van der Waals surface area contributed by atoms with Crippen LogP contribution in [-0.4, -0.2) is 18.0 Å². The molecule has 37 heavy (non-hydrogen) atoms. The number of aromatic nitrogens is 2. The molecule has 0 unspecified atom stereocenters. The van der Waals surface area contributed by atoms with Gasteiger partial charge in [-0.25, -0.2) is 0 Å². The van der Waals surface area contributed by atoms with E-state index >= 15 is 0 Å². The predicted octanol–water partition coefficient (Wildman–Crippen LogP) is 7.85. The average molecular weight is 677 g/mol. The second kappa shape index (κ2) is 11.3. The summed E-state index contributed by atoms with van der Waals surface area (Å²) in [6.45, 7) is 9.11. The van der Waals surface area contributed by atoms with Crippen molar-refractivity contribution in [3.63, 3.8) is 0 Å². The van der Waals surface area contributed by atoms with Crippen molar-refractivity contribution in [3.8, 4) is 22.5 Å². The molecule has 0 saturated carbocycles. The van der Waals surface area contributed by atoms with Gasteiger partial charge in [0.1, 0.15) is 5.58 Å². The number of hydrogen-bond donors (Lipinski definition) is 0. The first-order chi connectivity index (χ1) is 17.4. The SMILES string of the molecule is C[Si](C)(C)c1cccc2c1oc1c(-c3ccccn3)[c-]ccc12.Cc1ccnc(-c2[c-]cccc2)c1.[Ir]. The van der Waals surface area contributed by atoms with Gasteiger partial charge in [0.25, 0.3) is 0 Å². The van der Waals surface area contributed by atoms with Crippen molar-refractivity contribution in [1.82, 2.24) is 9.97 Å². The normalized spacial score (nSPS) is 11.0. The Kier molecular flexibility index (Phi) is 8.18. The minimum atomic E-state index is -1.48. The van der Waals surface area contributed by atoms with Crippen LogP contribution in [0.15, 0.2) is 102 Å². The van der Waals surface area contributed by atoms with Gasteiger partial charge in [0.05, 0.1) is 13.7 Å². The summed E-state index contributed by atoms with van der Waals surface area (Å²) < 4.78 is 6.36. The zero-order chi connectivity index (χ0) is 25.1. The standard InChI is InChI=1S/C20H18NOSi.C12H10N.Ir/c1-23(2,3)18-12-7-9-15-14-8-6-10-16(19(14)22-20(15)18)17-11-4-5-13-21-17;1-10-7-8-13-12(9-10)11-5-3-2-4-6-11;/h4-9,11-13H,1-3H3;2-5,7-9H,1H3;/q2*-1;. The largest absolute Gasteiger partial charge is 0.501 e. The number of pyridine rings is 2. The van der Waals surface area contributed by atoms with Gasteiger partial charge in [-0.05, 0) is 35.6 Å². The maximum atomic E-state index is 6.36. The second-order valence-corrected chi connectivity index (χ2v) is 14.9. The van der Waals surface area contributed by atoms with Gasteiger partial charge in [0, 0.05) is 37.9 Å². The van der Waals surface area contributed by atoms with E-state index in [2.05, 4.69) is 79.0 Å². The first-order valence-electron chi connectivity index (χ1n) is 12.1. The smallest absolute Gasteiger partial charge is 0.120 e. The quantitative estimate of drug-likeness (QED) is 0.142. The molecular formula is C32H28IrN2OSi-2. The Morgan fingerprint density at radius 3 is 2.19 bits per heavy atom. The Morgan fingerprint density at radius 2 is 1.49 bits per heavy atom. The van der Waals surface area contributed by atoms with Crippen LogP contribution >= 0.6 is 0 Å². The number of para-hydroxylation sites is 1. The van der Waals surface area contributed by atoms with Crippen molar-refractivity contribution in [2.24, 2.45) is 0 Å². The van der Waals surface area contributed by atoms with Gasteiger partial charge in [-0.1, -0.05) is 72.6 Å². The molecule has 0 bridgehead atoms. The summed E-state index contributed by atoms with van der Waals surface area (Å²) in [7, 11) is -1.48. The third-order valence-corrected chi connectivity index (χ3v) is 8.10. The van der Waals surface area contributed by atoms with Gasteiger partial charge in [0.15, 0.2) is 0 Å². The molecule has 3 aromatic heterocycles. The van der Waals surface area contributed by atoms with Gasteiger partial charge in [-0.2, -0.15) is 0 Å². The minimum absolute atomic E-state index is 0. The minimum Gasteiger partial charge on any atom is -0.501 e. The molecule has 3 aromatic carbocycles. The van der Waals surface area contributed by atoms with E-state index in [-0.39, 0.29) is 20.1 Å². The van der Waals surface area contributed by atoms with Crippen molar-refractivity contribution in [3.05, 3.63) is 115 Å². The summed E-state index contributed by atoms with van der Waals surface area (Å²) in [4.78, 5) is 8.74. The second-order valence-electron chi connectivity index (χ2n) is 9.84. The number of aryl methyl sites for hydroxylation is 1. The van der Waals surface area contributed by atoms with E-state index in [4.69, 9.17) is 4.42 Å². The Morgan fingerprint density at radius 1 is 0.703 bits per heavy atom. The maximum absolute atomic E-state index is 6.36. The number of nitrogens with zero attached hydrogens (tertiary/aromatic N) is 2. The molecule has 0 N–H and O–H groups in total. The Hall–Kier alpha value is -3.37. The van der Waals surface area contributed by atoms with Crippen LogP contribution in [0, 0.1) is 19.1 Å². The molecule has 5 heteroatoms. The van der Waals surface area contributed by atoms with Crippen LogP contribution in [0.4, 0.5) is 0 Å². The van der Waals surface area contributed by atoms with E-state index in [0.717, 1.165) is 39.1 Å². The molecular weight excluding hydrogens is 649 g/mol. The third-order valence-electron chi connectivity index (χ3n) is 6.09. The van der Waals surface area contributed by atoms with Gasteiger partial charge >= 0.3 is 0 Å². The molecule has 6 aromatic rings. The predicted molar refractivity (Wildman–Crippen MR) is 152 cm³/mol. The maximum Gasteiger partial charge on any atom is 0.120 e. The molecule has 0 spiro atoms. The average Bonchev–Trinajstić information content (AvgIpc) is 3.28. The number of hydrogen-bond acceptors (Lipinski definition) is 3. The fourth-order valence-corrected chi connectivity index (χ4v) is 5.75. The van der Waals surface area contributed by atoms with E-state index < -0.39 is 8.07 Å². The van der Waals surface area contributed by atoms with Gasteiger partial charge in [-0.3, -0.25) is 0 Å². The molecule has 0 fully saturated rings. The Labute approximate surface area is 233 Å². The Bertz CT molecular complexity index is 1620. The molecule has 3 nitrogen and oxygen atoms in total. The van der Waals surface area contributed by atoms with Crippen LogP contribution in [0.3, 0.4) is 0 Å². The zero-order valence-electron chi connectivity index (χ0n) is 21.4. The fourth-order valence-electron chi connectivity index (χ4n) is 4.29. The van der Waals surface area contributed by atoms with E-state index in [1.807, 2.05) is 60.8 Å². The summed E-state index contributed by atoms with van der Waals surface area (Å²) in [6.07, 6.45) is 3.63. The number of rotatable bonds is 3. The van der Waals surface area contributed by atoms with Crippen LogP contribution in [0.1, 0.15) is 5.56 Å². The van der Waals surface area contributed by atoms with Crippen molar-refractivity contribution in [1.29, 1.82) is 0 Å². The monoisotopic (exact) mass is 677 g/mol. The zero-order valence-corrected chi connectivity index (χ0v) is 24.8. The molecule has 0 aliphatic heterocycles. The summed E-state index contributed by atoms with van der Waals surface area (Å²) in [5.74, 6) is 0. The van der Waals surface area contributed by atoms with Crippen molar-refractivity contribution < 1.29 is 24.5 Å². The van der Waals surface area contributed by atoms with Crippen LogP contribution in [0.25, 0.3) is 44.5 Å². The topological polar surface area (TPSA) is 38.9 Å². The third kappa shape index (κ3) is 5.80.